The maximum Gasteiger partial charge on any atom is 0.410 e. The van der Waals surface area contributed by atoms with Gasteiger partial charge in [-0.25, -0.2) is 4.79 Å². The predicted molar refractivity (Wildman–Crippen MR) is 80.8 cm³/mol. The number of hydrogen-bond acceptors (Lipinski definition) is 2. The summed E-state index contributed by atoms with van der Waals surface area (Å²) >= 11 is 2.15. The van der Waals surface area contributed by atoms with Gasteiger partial charge >= 0.3 is 6.09 Å². The van der Waals surface area contributed by atoms with Crippen molar-refractivity contribution in [2.75, 3.05) is 0 Å². The third-order valence-electron chi connectivity index (χ3n) is 3.42. The third-order valence-corrected chi connectivity index (χ3v) is 4.36. The topological polar surface area (TPSA) is 60.8 Å². The number of carboxylic acid groups (broad SMARTS) is 1. The fourth-order valence-electron chi connectivity index (χ4n) is 2.47. The summed E-state index contributed by atoms with van der Waals surface area (Å²) in [5.41, 5.74) is -0.730. The second kappa shape index (κ2) is 5.66. The molecule has 5 heteroatoms. The lowest BCUT2D eigenvalue weighted by Crippen LogP contribution is -2.50. The Morgan fingerprint density at radius 2 is 2.11 bits per heavy atom. The van der Waals surface area contributed by atoms with E-state index < -0.39 is 11.8 Å². The van der Waals surface area contributed by atoms with Crippen LogP contribution in [0.2, 0.25) is 0 Å². The van der Waals surface area contributed by atoms with E-state index in [-0.39, 0.29) is 6.04 Å². The molecule has 0 saturated heterocycles. The highest BCUT2D eigenvalue weighted by atomic mass is 127. The van der Waals surface area contributed by atoms with Crippen molar-refractivity contribution in [2.45, 2.75) is 44.4 Å². The number of hydrogen-bond donors (Lipinski definition) is 2. The van der Waals surface area contributed by atoms with Crippen LogP contribution in [-0.4, -0.2) is 27.2 Å². The first kappa shape index (κ1) is 14.6. The van der Waals surface area contributed by atoms with Crippen molar-refractivity contribution in [3.8, 4) is 0 Å². The van der Waals surface area contributed by atoms with Crippen molar-refractivity contribution >= 4 is 28.7 Å². The van der Waals surface area contributed by atoms with E-state index in [1.165, 1.54) is 4.90 Å². The fraction of sp³-hybridized carbons (Fsp3) is 0.500. The van der Waals surface area contributed by atoms with Gasteiger partial charge in [0.15, 0.2) is 5.72 Å². The van der Waals surface area contributed by atoms with E-state index in [0.29, 0.717) is 12.0 Å². The Labute approximate surface area is 126 Å². The largest absolute Gasteiger partial charge is 0.465 e. The first-order valence-corrected chi connectivity index (χ1v) is 7.58. The molecule has 0 radical (unpaired) electrons. The van der Waals surface area contributed by atoms with Crippen molar-refractivity contribution in [3.63, 3.8) is 0 Å². The van der Waals surface area contributed by atoms with Crippen LogP contribution in [-0.2, 0) is 5.72 Å². The van der Waals surface area contributed by atoms with Gasteiger partial charge in [-0.05, 0) is 47.9 Å². The van der Waals surface area contributed by atoms with Gasteiger partial charge < -0.3 is 10.2 Å². The monoisotopic (exact) mass is 375 g/mol. The quantitative estimate of drug-likeness (QED) is 0.613. The molecular weight excluding hydrogens is 357 g/mol. The van der Waals surface area contributed by atoms with Crippen LogP contribution in [0.25, 0.3) is 0 Å². The molecule has 0 aromatic heterocycles. The van der Waals surface area contributed by atoms with E-state index >= 15 is 0 Å². The third kappa shape index (κ3) is 2.86. The van der Waals surface area contributed by atoms with Crippen molar-refractivity contribution in [2.24, 2.45) is 0 Å². The molecule has 1 aliphatic rings. The summed E-state index contributed by atoms with van der Waals surface area (Å²) in [5, 5.41) is 20.5. The number of amides is 1. The lowest BCUT2D eigenvalue weighted by atomic mass is 9.96. The number of rotatable bonds is 5. The van der Waals surface area contributed by atoms with Crippen molar-refractivity contribution in [1.82, 2.24) is 4.90 Å². The zero-order valence-electron chi connectivity index (χ0n) is 10.8. The van der Waals surface area contributed by atoms with Gasteiger partial charge in [-0.15, -0.1) is 0 Å². The van der Waals surface area contributed by atoms with Crippen molar-refractivity contribution in [3.05, 3.63) is 33.4 Å². The van der Waals surface area contributed by atoms with E-state index in [2.05, 4.69) is 22.6 Å². The lowest BCUT2D eigenvalue weighted by molar-refractivity contribution is -0.110. The average Bonchev–Trinajstić information content (AvgIpc) is 3.13. The Morgan fingerprint density at radius 1 is 1.47 bits per heavy atom. The van der Waals surface area contributed by atoms with Crippen molar-refractivity contribution in [1.29, 1.82) is 0 Å². The number of aliphatic hydroxyl groups is 1. The lowest BCUT2D eigenvalue weighted by Gasteiger charge is -2.39. The summed E-state index contributed by atoms with van der Waals surface area (Å²) in [7, 11) is 0. The van der Waals surface area contributed by atoms with E-state index in [1.807, 2.05) is 31.2 Å². The maximum absolute atomic E-state index is 11.6. The molecule has 1 aliphatic carbocycles. The highest BCUT2D eigenvalue weighted by molar-refractivity contribution is 14.1. The summed E-state index contributed by atoms with van der Waals surface area (Å²) in [5.74, 6) is 0. The molecule has 1 aromatic rings. The molecule has 0 spiro atoms. The molecule has 0 unspecified atom stereocenters. The first-order valence-electron chi connectivity index (χ1n) is 6.50. The van der Waals surface area contributed by atoms with Crippen LogP contribution >= 0.6 is 22.6 Å². The van der Waals surface area contributed by atoms with Crippen LogP contribution in [0.4, 0.5) is 4.79 Å². The van der Waals surface area contributed by atoms with Gasteiger partial charge in [0.25, 0.3) is 0 Å². The van der Waals surface area contributed by atoms with E-state index in [4.69, 9.17) is 0 Å². The van der Waals surface area contributed by atoms with Gasteiger partial charge in [-0.3, -0.25) is 4.90 Å². The van der Waals surface area contributed by atoms with Gasteiger partial charge in [0, 0.05) is 15.2 Å². The first-order chi connectivity index (χ1) is 9.00. The summed E-state index contributed by atoms with van der Waals surface area (Å²) in [6.45, 7) is 1.95. The molecule has 0 aliphatic heterocycles. The molecule has 2 rings (SSSR count). The normalized spacial score (nSPS) is 17.8. The van der Waals surface area contributed by atoms with Crippen LogP contribution in [0, 0.1) is 3.57 Å². The van der Waals surface area contributed by atoms with Gasteiger partial charge in [-0.1, -0.05) is 31.5 Å². The summed E-state index contributed by atoms with van der Waals surface area (Å²) in [6.07, 6.45) is 1.76. The number of benzene rings is 1. The van der Waals surface area contributed by atoms with Crippen LogP contribution in [0.3, 0.4) is 0 Å². The standard InChI is InChI=1S/C14H18INO3/c1-2-9-14(19,11-5-3-4-6-12(11)15)16(13(17)18)10-7-8-10/h3-6,10,19H,2,7-9H2,1H3,(H,17,18)/t14-/m1/s1. The summed E-state index contributed by atoms with van der Waals surface area (Å²) in [4.78, 5) is 12.8. The average molecular weight is 375 g/mol. The molecule has 0 heterocycles. The number of carbonyl (C=O) groups is 1. The second-order valence-corrected chi connectivity index (χ2v) is 6.09. The van der Waals surface area contributed by atoms with E-state index in [1.54, 1.807) is 0 Å². The Hall–Kier alpha value is -0.820. The van der Waals surface area contributed by atoms with Gasteiger partial charge in [-0.2, -0.15) is 0 Å². The smallest absolute Gasteiger partial charge is 0.410 e. The molecule has 1 aromatic carbocycles. The Kier molecular flexibility index (Phi) is 4.35. The molecule has 1 atom stereocenters. The molecule has 1 saturated carbocycles. The van der Waals surface area contributed by atoms with Crippen molar-refractivity contribution < 1.29 is 15.0 Å². The molecule has 1 amide bonds. The summed E-state index contributed by atoms with van der Waals surface area (Å²) < 4.78 is 0.892. The highest BCUT2D eigenvalue weighted by Crippen LogP contribution is 2.41. The minimum atomic E-state index is -1.42. The van der Waals surface area contributed by atoms with E-state index in [9.17, 15) is 15.0 Å². The van der Waals surface area contributed by atoms with Crippen LogP contribution in [0.5, 0.6) is 0 Å². The van der Waals surface area contributed by atoms with Crippen LogP contribution in [0.15, 0.2) is 24.3 Å². The molecule has 2 N–H and O–H groups in total. The number of nitrogens with zero attached hydrogens (tertiary/aromatic N) is 1. The minimum Gasteiger partial charge on any atom is -0.465 e. The molecular formula is C14H18INO3. The Balaban J connectivity index is 2.46. The zero-order valence-corrected chi connectivity index (χ0v) is 13.0. The second-order valence-electron chi connectivity index (χ2n) is 4.93. The van der Waals surface area contributed by atoms with Gasteiger partial charge in [0.05, 0.1) is 0 Å². The minimum absolute atomic E-state index is 0.0509. The zero-order chi connectivity index (χ0) is 14.0. The van der Waals surface area contributed by atoms with Gasteiger partial charge in [0.2, 0.25) is 0 Å². The Bertz CT molecular complexity index is 476. The van der Waals surface area contributed by atoms with E-state index in [0.717, 1.165) is 22.8 Å². The highest BCUT2D eigenvalue weighted by Gasteiger charge is 2.47. The van der Waals surface area contributed by atoms with Gasteiger partial charge in [0.1, 0.15) is 0 Å². The number of halogens is 1. The van der Waals surface area contributed by atoms with Crippen LogP contribution < -0.4 is 0 Å². The molecule has 19 heavy (non-hydrogen) atoms. The summed E-state index contributed by atoms with van der Waals surface area (Å²) in [6, 6.07) is 7.38. The SMILES string of the molecule is CCC[C@@](O)(c1ccccc1I)N(C(=O)O)C1CC1. The van der Waals surface area contributed by atoms with Crippen LogP contribution in [0.1, 0.15) is 38.2 Å². The molecule has 104 valence electrons. The molecule has 4 nitrogen and oxygen atoms in total. The fourth-order valence-corrected chi connectivity index (χ4v) is 3.29. The maximum atomic E-state index is 11.6. The molecule has 0 bridgehead atoms. The predicted octanol–water partition coefficient (Wildman–Crippen LogP) is 3.38. The molecule has 1 fully saturated rings. The Morgan fingerprint density at radius 3 is 2.58 bits per heavy atom.